The summed E-state index contributed by atoms with van der Waals surface area (Å²) >= 11 is 0. The van der Waals surface area contributed by atoms with Gasteiger partial charge in [-0.25, -0.2) is 17.6 Å². The standard InChI is InChI=1S/C6H2F4.Ga.3H/c7-3-1-4(8)6(10)2-5(3)9;;;;/h1-2H;;;;. The van der Waals surface area contributed by atoms with Gasteiger partial charge in [0.15, 0.2) is 23.3 Å². The van der Waals surface area contributed by atoms with Gasteiger partial charge in [-0.05, 0) is 0 Å². The molecule has 0 saturated carbocycles. The van der Waals surface area contributed by atoms with Crippen molar-refractivity contribution in [2.45, 2.75) is 0 Å². The van der Waals surface area contributed by atoms with E-state index in [1.807, 2.05) is 0 Å². The molecule has 0 saturated heterocycles. The molecule has 0 fully saturated rings. The summed E-state index contributed by atoms with van der Waals surface area (Å²) in [6.07, 6.45) is 0. The van der Waals surface area contributed by atoms with Crippen LogP contribution in [-0.4, -0.2) is 19.8 Å². The van der Waals surface area contributed by atoms with Crippen LogP contribution in [0.15, 0.2) is 12.1 Å². The van der Waals surface area contributed by atoms with E-state index in [1.165, 1.54) is 0 Å². The number of hydrogen-bond acceptors (Lipinski definition) is 0. The Labute approximate surface area is 73.3 Å². The molecule has 60 valence electrons. The molecule has 0 atom stereocenters. The molecule has 11 heavy (non-hydrogen) atoms. The molecule has 0 aliphatic heterocycles. The molecule has 0 amide bonds. The second-order valence-electron chi connectivity index (χ2n) is 1.68. The molecule has 1 aromatic carbocycles. The molecule has 0 radical (unpaired) electrons. The summed E-state index contributed by atoms with van der Waals surface area (Å²) in [5.41, 5.74) is 0. The van der Waals surface area contributed by atoms with Gasteiger partial charge in [0, 0.05) is 12.1 Å². The topological polar surface area (TPSA) is 0 Å². The van der Waals surface area contributed by atoms with E-state index in [2.05, 4.69) is 0 Å². The molecule has 0 heterocycles. The second-order valence-corrected chi connectivity index (χ2v) is 1.68. The molecule has 0 aromatic heterocycles. The van der Waals surface area contributed by atoms with E-state index in [1.54, 1.807) is 0 Å². The summed E-state index contributed by atoms with van der Waals surface area (Å²) in [4.78, 5) is 0. The summed E-state index contributed by atoms with van der Waals surface area (Å²) < 4.78 is 47.9. The number of hydrogen-bond donors (Lipinski definition) is 0. The molecule has 0 bridgehead atoms. The second kappa shape index (κ2) is 3.82. The molecule has 0 nitrogen and oxygen atoms in total. The predicted molar refractivity (Wildman–Crippen MR) is 36.2 cm³/mol. The fourth-order valence-electron chi connectivity index (χ4n) is 0.498. The van der Waals surface area contributed by atoms with Gasteiger partial charge in [-0.2, -0.15) is 0 Å². The first-order chi connectivity index (χ1) is 4.61. The summed E-state index contributed by atoms with van der Waals surface area (Å²) in [6, 6.07) is 0.315. The Kier molecular flexibility index (Phi) is 3.67. The zero-order valence-corrected chi connectivity index (χ0v) is 4.67. The molecular formula is C6H5F4Ga. The maximum absolute atomic E-state index is 12.0. The summed E-state index contributed by atoms with van der Waals surface area (Å²) in [5.74, 6) is -5.56. The van der Waals surface area contributed by atoms with E-state index in [-0.39, 0.29) is 31.9 Å². The van der Waals surface area contributed by atoms with Crippen molar-refractivity contribution in [3.8, 4) is 0 Å². The predicted octanol–water partition coefficient (Wildman–Crippen LogP) is 1.06. The number of benzene rings is 1. The fraction of sp³-hybridized carbons (Fsp3) is 0. The zero-order valence-electron chi connectivity index (χ0n) is 4.67. The molecule has 0 aliphatic rings. The Morgan fingerprint density at radius 3 is 1.00 bits per heavy atom. The van der Waals surface area contributed by atoms with Crippen molar-refractivity contribution in [2.24, 2.45) is 0 Å². The number of halogens is 4. The van der Waals surface area contributed by atoms with Crippen LogP contribution in [0.25, 0.3) is 0 Å². The van der Waals surface area contributed by atoms with Crippen molar-refractivity contribution in [1.82, 2.24) is 0 Å². The van der Waals surface area contributed by atoms with Gasteiger partial charge in [-0.3, -0.25) is 0 Å². The number of rotatable bonds is 0. The monoisotopic (exact) mass is 222 g/mol. The van der Waals surface area contributed by atoms with Crippen LogP contribution in [0.4, 0.5) is 17.6 Å². The van der Waals surface area contributed by atoms with Crippen molar-refractivity contribution in [2.75, 3.05) is 0 Å². The zero-order chi connectivity index (χ0) is 7.72. The van der Waals surface area contributed by atoms with Crippen molar-refractivity contribution in [1.29, 1.82) is 0 Å². The van der Waals surface area contributed by atoms with Gasteiger partial charge in [0.1, 0.15) is 0 Å². The fourth-order valence-corrected chi connectivity index (χ4v) is 0.498. The molecule has 0 N–H and O–H groups in total. The van der Waals surface area contributed by atoms with Crippen LogP contribution >= 0.6 is 0 Å². The van der Waals surface area contributed by atoms with Crippen LogP contribution in [0, 0.1) is 23.3 Å². The van der Waals surface area contributed by atoms with E-state index in [0.717, 1.165) is 0 Å². The van der Waals surface area contributed by atoms with Crippen molar-refractivity contribution < 1.29 is 17.6 Å². The summed E-state index contributed by atoms with van der Waals surface area (Å²) in [7, 11) is 0. The Balaban J connectivity index is 0.000001000. The Morgan fingerprint density at radius 1 is 0.636 bits per heavy atom. The Hall–Kier alpha value is -0.424. The van der Waals surface area contributed by atoms with Gasteiger partial charge in [0.25, 0.3) is 0 Å². The van der Waals surface area contributed by atoms with Gasteiger partial charge >= 0.3 is 19.8 Å². The molecule has 0 unspecified atom stereocenters. The average Bonchev–Trinajstić information content (AvgIpc) is 1.84. The van der Waals surface area contributed by atoms with E-state index < -0.39 is 23.3 Å². The summed E-state index contributed by atoms with van der Waals surface area (Å²) in [5, 5.41) is 0. The molecule has 5 heteroatoms. The van der Waals surface area contributed by atoms with E-state index in [0.29, 0.717) is 0 Å². The molecule has 1 rings (SSSR count). The van der Waals surface area contributed by atoms with Gasteiger partial charge < -0.3 is 0 Å². The van der Waals surface area contributed by atoms with E-state index in [4.69, 9.17) is 0 Å². The minimum atomic E-state index is -1.39. The quantitative estimate of drug-likeness (QED) is 0.350. The third-order valence-electron chi connectivity index (χ3n) is 0.963. The molecule has 0 spiro atoms. The normalized spacial score (nSPS) is 9.09. The third-order valence-corrected chi connectivity index (χ3v) is 0.963. The van der Waals surface area contributed by atoms with Crippen molar-refractivity contribution in [3.05, 3.63) is 35.4 Å². The molecular weight excluding hydrogens is 218 g/mol. The van der Waals surface area contributed by atoms with Crippen LogP contribution < -0.4 is 0 Å². The SMILES string of the molecule is Fc1cc(F)c(F)cc1F.[GaH3]. The minimum absolute atomic E-state index is 0. The third kappa shape index (κ3) is 2.27. The van der Waals surface area contributed by atoms with Crippen LogP contribution in [0.5, 0.6) is 0 Å². The first-order valence-corrected chi connectivity index (χ1v) is 2.41. The van der Waals surface area contributed by atoms with Crippen LogP contribution in [0.2, 0.25) is 0 Å². The van der Waals surface area contributed by atoms with E-state index >= 15 is 0 Å². The van der Waals surface area contributed by atoms with Crippen molar-refractivity contribution in [3.63, 3.8) is 0 Å². The Bertz CT molecular complexity index is 211. The maximum atomic E-state index is 12.0. The first-order valence-electron chi connectivity index (χ1n) is 2.41. The van der Waals surface area contributed by atoms with Crippen molar-refractivity contribution >= 4 is 19.8 Å². The van der Waals surface area contributed by atoms with Gasteiger partial charge in [0.05, 0.1) is 0 Å². The Morgan fingerprint density at radius 2 is 0.818 bits per heavy atom. The van der Waals surface area contributed by atoms with Crippen LogP contribution in [0.1, 0.15) is 0 Å². The summed E-state index contributed by atoms with van der Waals surface area (Å²) in [6.45, 7) is 0. The van der Waals surface area contributed by atoms with E-state index in [9.17, 15) is 17.6 Å². The van der Waals surface area contributed by atoms with Gasteiger partial charge in [-0.15, -0.1) is 0 Å². The van der Waals surface area contributed by atoms with Crippen LogP contribution in [-0.2, 0) is 0 Å². The average molecular weight is 223 g/mol. The van der Waals surface area contributed by atoms with Gasteiger partial charge in [-0.1, -0.05) is 0 Å². The molecule has 0 aliphatic carbocycles. The van der Waals surface area contributed by atoms with Gasteiger partial charge in [0.2, 0.25) is 0 Å². The van der Waals surface area contributed by atoms with Crippen LogP contribution in [0.3, 0.4) is 0 Å². The molecule has 1 aromatic rings. The first kappa shape index (κ1) is 10.6.